The van der Waals surface area contributed by atoms with E-state index in [0.29, 0.717) is 17.1 Å². The number of carbonyl (C=O) groups is 1. The Hall–Kier alpha value is -3.40. The van der Waals surface area contributed by atoms with E-state index in [1.54, 1.807) is 37.7 Å². The highest BCUT2D eigenvalue weighted by molar-refractivity contribution is 5.91. The summed E-state index contributed by atoms with van der Waals surface area (Å²) in [5.41, 5.74) is 3.58. The van der Waals surface area contributed by atoms with Crippen molar-refractivity contribution < 1.29 is 14.3 Å². The van der Waals surface area contributed by atoms with Crippen LogP contribution in [0.4, 0.5) is 0 Å². The molecule has 0 saturated carbocycles. The molecule has 4 heteroatoms. The molecule has 0 amide bonds. The second kappa shape index (κ2) is 8.12. The fourth-order valence-electron chi connectivity index (χ4n) is 2.39. The van der Waals surface area contributed by atoms with Crippen LogP contribution < -0.4 is 9.47 Å². The van der Waals surface area contributed by atoms with Crippen LogP contribution >= 0.6 is 0 Å². The molecule has 1 heterocycles. The van der Waals surface area contributed by atoms with Gasteiger partial charge in [-0.25, -0.2) is 4.79 Å². The number of esters is 1. The predicted molar refractivity (Wildman–Crippen MR) is 102 cm³/mol. The minimum Gasteiger partial charge on any atom is -0.493 e. The molecule has 3 aromatic rings. The van der Waals surface area contributed by atoms with Gasteiger partial charge in [0.1, 0.15) is 0 Å². The van der Waals surface area contributed by atoms with Crippen molar-refractivity contribution >= 4 is 18.1 Å². The zero-order valence-electron chi connectivity index (χ0n) is 14.7. The summed E-state index contributed by atoms with van der Waals surface area (Å²) in [6.45, 7) is 1.97. The second-order valence-corrected chi connectivity index (χ2v) is 5.78. The molecule has 0 radical (unpaired) electrons. The number of carbonyl (C=O) groups excluding carboxylic acids is 1. The molecule has 0 unspecified atom stereocenters. The third kappa shape index (κ3) is 4.36. The molecule has 4 nitrogen and oxygen atoms in total. The highest BCUT2D eigenvalue weighted by Gasteiger charge is 2.12. The number of aromatic nitrogens is 1. The maximum atomic E-state index is 12.3. The number of ether oxygens (including phenoxy) is 2. The van der Waals surface area contributed by atoms with Gasteiger partial charge in [0.2, 0.25) is 0 Å². The van der Waals surface area contributed by atoms with Crippen molar-refractivity contribution in [2.45, 2.75) is 6.92 Å². The largest absolute Gasteiger partial charge is 0.493 e. The second-order valence-electron chi connectivity index (χ2n) is 5.78. The van der Waals surface area contributed by atoms with Gasteiger partial charge in [-0.2, -0.15) is 0 Å². The van der Waals surface area contributed by atoms with E-state index in [9.17, 15) is 4.79 Å². The number of benzene rings is 2. The van der Waals surface area contributed by atoms with Crippen LogP contribution in [0.25, 0.3) is 12.2 Å². The minimum absolute atomic E-state index is 0.388. The van der Waals surface area contributed by atoms with E-state index < -0.39 is 5.97 Å². The summed E-state index contributed by atoms with van der Waals surface area (Å²) in [5.74, 6) is 0.477. The lowest BCUT2D eigenvalue weighted by molar-refractivity contribution is 0.0729. The Balaban J connectivity index is 1.77. The number of rotatable bonds is 5. The summed E-state index contributed by atoms with van der Waals surface area (Å²) in [6.07, 6.45) is 7.43. The Morgan fingerprint density at radius 3 is 2.27 bits per heavy atom. The molecule has 3 rings (SSSR count). The normalized spacial score (nSPS) is 10.7. The zero-order valence-corrected chi connectivity index (χ0v) is 14.7. The summed E-state index contributed by atoms with van der Waals surface area (Å²) >= 11 is 0. The Bertz CT molecular complexity index is 916. The number of hydrogen-bond acceptors (Lipinski definition) is 4. The van der Waals surface area contributed by atoms with Crippen molar-refractivity contribution in [3.05, 3.63) is 89.2 Å². The van der Waals surface area contributed by atoms with Gasteiger partial charge in [-0.1, -0.05) is 35.9 Å². The van der Waals surface area contributed by atoms with Crippen LogP contribution in [0.1, 0.15) is 27.0 Å². The van der Waals surface area contributed by atoms with Crippen molar-refractivity contribution in [1.29, 1.82) is 0 Å². The van der Waals surface area contributed by atoms with Crippen LogP contribution in [0.5, 0.6) is 11.5 Å². The lowest BCUT2D eigenvalue weighted by atomic mass is 10.1. The molecule has 0 saturated heterocycles. The summed E-state index contributed by atoms with van der Waals surface area (Å²) in [5, 5.41) is 0. The first-order chi connectivity index (χ1) is 12.7. The molecule has 0 bridgehead atoms. The van der Waals surface area contributed by atoms with E-state index in [-0.39, 0.29) is 0 Å². The van der Waals surface area contributed by atoms with Gasteiger partial charge in [-0.3, -0.25) is 4.98 Å². The quantitative estimate of drug-likeness (QED) is 0.493. The Labute approximate surface area is 152 Å². The molecule has 0 aliphatic carbocycles. The Morgan fingerprint density at radius 1 is 0.885 bits per heavy atom. The number of methoxy groups -OCH3 is 1. The number of hydrogen-bond donors (Lipinski definition) is 0. The third-order valence-corrected chi connectivity index (χ3v) is 3.85. The van der Waals surface area contributed by atoms with Crippen molar-refractivity contribution in [3.63, 3.8) is 0 Å². The van der Waals surface area contributed by atoms with Crippen molar-refractivity contribution in [1.82, 2.24) is 4.98 Å². The molecule has 26 heavy (non-hydrogen) atoms. The highest BCUT2D eigenvalue weighted by atomic mass is 16.6. The fraction of sp³-hybridized carbons (Fsp3) is 0.0909. The molecule has 0 fully saturated rings. The highest BCUT2D eigenvalue weighted by Crippen LogP contribution is 2.29. The zero-order chi connectivity index (χ0) is 18.4. The number of aryl methyl sites for hydroxylation is 1. The Morgan fingerprint density at radius 2 is 1.58 bits per heavy atom. The predicted octanol–water partition coefficient (Wildman–Crippen LogP) is 4.79. The first kappa shape index (κ1) is 17.4. The van der Waals surface area contributed by atoms with E-state index in [4.69, 9.17) is 9.47 Å². The lowest BCUT2D eigenvalue weighted by Crippen LogP contribution is -2.09. The van der Waals surface area contributed by atoms with Gasteiger partial charge in [0.25, 0.3) is 0 Å². The maximum Gasteiger partial charge on any atom is 0.343 e. The number of nitrogens with zero attached hydrogens (tertiary/aromatic N) is 1. The average Bonchev–Trinajstić information content (AvgIpc) is 2.68. The van der Waals surface area contributed by atoms with Crippen LogP contribution in [0.3, 0.4) is 0 Å². The molecule has 0 aliphatic rings. The lowest BCUT2D eigenvalue weighted by Gasteiger charge is -2.10. The summed E-state index contributed by atoms with van der Waals surface area (Å²) in [4.78, 5) is 16.3. The van der Waals surface area contributed by atoms with Crippen molar-refractivity contribution in [2.24, 2.45) is 0 Å². The molecule has 130 valence electrons. The molecule has 0 N–H and O–H groups in total. The maximum absolute atomic E-state index is 12.3. The van der Waals surface area contributed by atoms with E-state index in [0.717, 1.165) is 16.7 Å². The van der Waals surface area contributed by atoms with Crippen LogP contribution in [0.2, 0.25) is 0 Å². The molecule has 0 aliphatic heterocycles. The summed E-state index contributed by atoms with van der Waals surface area (Å²) < 4.78 is 10.9. The average molecular weight is 345 g/mol. The smallest absolute Gasteiger partial charge is 0.343 e. The van der Waals surface area contributed by atoms with Crippen LogP contribution in [0.15, 0.2) is 67.0 Å². The summed E-state index contributed by atoms with van der Waals surface area (Å²) in [6, 6.07) is 16.5. The third-order valence-electron chi connectivity index (χ3n) is 3.85. The van der Waals surface area contributed by atoms with Gasteiger partial charge in [0.15, 0.2) is 11.5 Å². The van der Waals surface area contributed by atoms with Crippen LogP contribution in [0, 0.1) is 6.92 Å². The molecular weight excluding hydrogens is 326 g/mol. The first-order valence-corrected chi connectivity index (χ1v) is 8.21. The molecule has 0 atom stereocenters. The van der Waals surface area contributed by atoms with Gasteiger partial charge in [-0.05, 0) is 54.4 Å². The fourth-order valence-corrected chi connectivity index (χ4v) is 2.39. The van der Waals surface area contributed by atoms with E-state index in [2.05, 4.69) is 4.98 Å². The van der Waals surface area contributed by atoms with E-state index >= 15 is 0 Å². The molecule has 2 aromatic carbocycles. The van der Waals surface area contributed by atoms with Crippen molar-refractivity contribution in [3.8, 4) is 11.5 Å². The van der Waals surface area contributed by atoms with Gasteiger partial charge < -0.3 is 9.47 Å². The standard InChI is InChI=1S/C22H19NO3/c1-16-3-8-19(9-4-16)22(24)26-20-10-7-18(15-21(20)25-2)6-5-17-11-13-23-14-12-17/h3-15H,1-2H3/b6-5+. The monoisotopic (exact) mass is 345 g/mol. The van der Waals surface area contributed by atoms with E-state index in [1.807, 2.05) is 55.5 Å². The van der Waals surface area contributed by atoms with Gasteiger partial charge in [0, 0.05) is 12.4 Å². The van der Waals surface area contributed by atoms with E-state index in [1.165, 1.54) is 0 Å². The molecule has 0 spiro atoms. The van der Waals surface area contributed by atoms with Gasteiger partial charge >= 0.3 is 5.97 Å². The molecular formula is C22H19NO3. The topological polar surface area (TPSA) is 48.4 Å². The summed E-state index contributed by atoms with van der Waals surface area (Å²) in [7, 11) is 1.55. The van der Waals surface area contributed by atoms with Crippen LogP contribution in [-0.2, 0) is 0 Å². The molecule has 1 aromatic heterocycles. The number of pyridine rings is 1. The Kier molecular flexibility index (Phi) is 5.44. The SMILES string of the molecule is COc1cc(/C=C/c2ccncc2)ccc1OC(=O)c1ccc(C)cc1. The van der Waals surface area contributed by atoms with Gasteiger partial charge in [-0.15, -0.1) is 0 Å². The van der Waals surface area contributed by atoms with Gasteiger partial charge in [0.05, 0.1) is 12.7 Å². The minimum atomic E-state index is -0.414. The van der Waals surface area contributed by atoms with Crippen LogP contribution in [-0.4, -0.2) is 18.1 Å². The van der Waals surface area contributed by atoms with Crippen molar-refractivity contribution in [2.75, 3.05) is 7.11 Å². The first-order valence-electron chi connectivity index (χ1n) is 8.21.